The van der Waals surface area contributed by atoms with E-state index in [2.05, 4.69) is 197 Å². The highest BCUT2D eigenvalue weighted by Crippen LogP contribution is 2.44. The highest BCUT2D eigenvalue weighted by Gasteiger charge is 2.24. The fraction of sp³-hybridized carbons (Fsp3) is 0. The minimum absolute atomic E-state index is 0.566. The molecule has 0 atom stereocenters. The summed E-state index contributed by atoms with van der Waals surface area (Å²) in [6.07, 6.45) is 0. The number of para-hydroxylation sites is 2. The first-order valence-electron chi connectivity index (χ1n) is 21.0. The van der Waals surface area contributed by atoms with Crippen molar-refractivity contribution in [3.05, 3.63) is 224 Å². The van der Waals surface area contributed by atoms with Crippen LogP contribution in [-0.4, -0.2) is 24.1 Å². The van der Waals surface area contributed by atoms with Crippen LogP contribution in [0.1, 0.15) is 0 Å². The molecule has 3 heterocycles. The largest absolute Gasteiger partial charge is 0.308 e. The van der Waals surface area contributed by atoms with Crippen molar-refractivity contribution in [1.29, 1.82) is 0 Å². The van der Waals surface area contributed by atoms with E-state index in [9.17, 15) is 0 Å². The molecule has 0 aliphatic heterocycles. The van der Waals surface area contributed by atoms with Crippen LogP contribution in [0.3, 0.4) is 0 Å². The number of rotatable bonds is 7. The summed E-state index contributed by atoms with van der Waals surface area (Å²) in [5, 5.41) is 4.62. The van der Waals surface area contributed by atoms with E-state index in [-0.39, 0.29) is 0 Å². The van der Waals surface area contributed by atoms with Gasteiger partial charge >= 0.3 is 0 Å². The molecule has 0 spiro atoms. The maximum Gasteiger partial charge on any atom is 0.238 e. The summed E-state index contributed by atoms with van der Waals surface area (Å²) in [5.74, 6) is 1.81. The summed E-state index contributed by atoms with van der Waals surface area (Å²) in [7, 11) is 0. The molecule has 5 nitrogen and oxygen atoms in total. The number of nitrogens with zero attached hydrogens (tertiary/aromatic N) is 5. The van der Waals surface area contributed by atoms with Crippen molar-refractivity contribution in [2.45, 2.75) is 0 Å². The Hall–Kier alpha value is -8.41. The second-order valence-corrected chi connectivity index (χ2v) is 15.6. The Labute approximate surface area is 358 Å². The predicted octanol–water partition coefficient (Wildman–Crippen LogP) is 14.4. The third kappa shape index (κ3) is 5.90. The van der Waals surface area contributed by atoms with E-state index in [0.717, 1.165) is 66.3 Å². The van der Waals surface area contributed by atoms with Gasteiger partial charge in [-0.15, -0.1) is 0 Å². The van der Waals surface area contributed by atoms with Crippen LogP contribution in [0.4, 0.5) is 0 Å². The van der Waals surface area contributed by atoms with Crippen molar-refractivity contribution >= 4 is 43.6 Å². The van der Waals surface area contributed by atoms with E-state index in [4.69, 9.17) is 15.0 Å². The topological polar surface area (TPSA) is 48.5 Å². The first-order valence-corrected chi connectivity index (χ1v) is 21.0. The zero-order valence-electron chi connectivity index (χ0n) is 33.6. The van der Waals surface area contributed by atoms with Gasteiger partial charge in [-0.3, -0.25) is 4.57 Å². The van der Waals surface area contributed by atoms with E-state index in [0.29, 0.717) is 17.6 Å². The lowest BCUT2D eigenvalue weighted by molar-refractivity contribution is 0.953. The molecule has 5 heteroatoms. The molecular weight excluding hydrogens is 755 g/mol. The summed E-state index contributed by atoms with van der Waals surface area (Å²) >= 11 is 0. The van der Waals surface area contributed by atoms with Crippen molar-refractivity contribution < 1.29 is 0 Å². The van der Waals surface area contributed by atoms with E-state index in [1.807, 2.05) is 36.4 Å². The molecule has 0 aliphatic carbocycles. The number of hydrogen-bond donors (Lipinski definition) is 0. The quantitative estimate of drug-likeness (QED) is 0.162. The molecule has 0 fully saturated rings. The molecule has 0 saturated carbocycles. The Morgan fingerprint density at radius 1 is 0.290 bits per heavy atom. The molecule has 0 saturated heterocycles. The predicted molar refractivity (Wildman–Crippen MR) is 256 cm³/mol. The summed E-state index contributed by atoms with van der Waals surface area (Å²) in [6.45, 7) is 0. The van der Waals surface area contributed by atoms with Crippen molar-refractivity contribution in [1.82, 2.24) is 24.1 Å². The third-order valence-corrected chi connectivity index (χ3v) is 12.0. The summed E-state index contributed by atoms with van der Waals surface area (Å²) in [4.78, 5) is 15.5. The molecule has 3 aromatic heterocycles. The van der Waals surface area contributed by atoms with Gasteiger partial charge in [-0.2, -0.15) is 9.97 Å². The van der Waals surface area contributed by atoms with Crippen LogP contribution in [0.2, 0.25) is 0 Å². The highest BCUT2D eigenvalue weighted by molar-refractivity contribution is 6.26. The lowest BCUT2D eigenvalue weighted by atomic mass is 9.96. The molecule has 0 N–H and O–H groups in total. The minimum Gasteiger partial charge on any atom is -0.308 e. The zero-order valence-corrected chi connectivity index (χ0v) is 33.6. The SMILES string of the molecule is c1ccc(-c2ccc(-c3ccc(-c4ccccc4)cc3-n3c4ccccc4c4ccc5c(c6ccccc6n5-c5nc(-c6ccccc6)nc(-c6ccccc6)n5)c43)cc2)cc1. The molecule has 290 valence electrons. The molecular formula is C57H37N5. The minimum atomic E-state index is 0.566. The number of fused-ring (bicyclic) bond motifs is 7. The van der Waals surface area contributed by atoms with Crippen molar-refractivity contribution in [3.63, 3.8) is 0 Å². The molecule has 12 aromatic rings. The van der Waals surface area contributed by atoms with Crippen LogP contribution in [-0.2, 0) is 0 Å². The van der Waals surface area contributed by atoms with Crippen LogP contribution in [0.5, 0.6) is 0 Å². The van der Waals surface area contributed by atoms with Gasteiger partial charge in [0, 0.05) is 38.2 Å². The van der Waals surface area contributed by atoms with Gasteiger partial charge in [0.2, 0.25) is 5.95 Å². The average Bonchev–Trinajstić information content (AvgIpc) is 3.88. The Morgan fingerprint density at radius 3 is 1.37 bits per heavy atom. The fourth-order valence-electron chi connectivity index (χ4n) is 9.12. The van der Waals surface area contributed by atoms with E-state index >= 15 is 0 Å². The van der Waals surface area contributed by atoms with Crippen LogP contribution in [0.15, 0.2) is 224 Å². The van der Waals surface area contributed by atoms with Gasteiger partial charge in [0.1, 0.15) is 0 Å². The Kier molecular flexibility index (Phi) is 8.42. The first kappa shape index (κ1) is 35.5. The second-order valence-electron chi connectivity index (χ2n) is 15.6. The van der Waals surface area contributed by atoms with Crippen molar-refractivity contribution in [2.24, 2.45) is 0 Å². The summed E-state index contributed by atoms with van der Waals surface area (Å²) in [5.41, 5.74) is 14.3. The van der Waals surface area contributed by atoms with Gasteiger partial charge in [0.05, 0.1) is 27.8 Å². The normalized spacial score (nSPS) is 11.5. The Balaban J connectivity index is 1.17. The van der Waals surface area contributed by atoms with Crippen LogP contribution < -0.4 is 0 Å². The van der Waals surface area contributed by atoms with Gasteiger partial charge in [-0.1, -0.05) is 200 Å². The van der Waals surface area contributed by atoms with Crippen molar-refractivity contribution in [2.75, 3.05) is 0 Å². The Morgan fingerprint density at radius 2 is 0.758 bits per heavy atom. The maximum atomic E-state index is 5.24. The van der Waals surface area contributed by atoms with E-state index < -0.39 is 0 Å². The van der Waals surface area contributed by atoms with Gasteiger partial charge < -0.3 is 4.57 Å². The van der Waals surface area contributed by atoms with E-state index in [1.54, 1.807) is 0 Å². The number of aromatic nitrogens is 5. The number of hydrogen-bond acceptors (Lipinski definition) is 3. The Bertz CT molecular complexity index is 3540. The molecule has 0 bridgehead atoms. The third-order valence-electron chi connectivity index (χ3n) is 12.0. The highest BCUT2D eigenvalue weighted by atomic mass is 15.2. The first-order chi connectivity index (χ1) is 30.8. The molecule has 9 aromatic carbocycles. The van der Waals surface area contributed by atoms with E-state index in [1.165, 1.54) is 27.5 Å². The van der Waals surface area contributed by atoms with Gasteiger partial charge in [-0.25, -0.2) is 4.98 Å². The molecule has 0 aliphatic rings. The number of benzene rings is 9. The molecule has 12 rings (SSSR count). The zero-order chi connectivity index (χ0) is 41.0. The maximum absolute atomic E-state index is 5.24. The van der Waals surface area contributed by atoms with Crippen LogP contribution in [0, 0.1) is 0 Å². The van der Waals surface area contributed by atoms with Gasteiger partial charge in [-0.05, 0) is 52.1 Å². The van der Waals surface area contributed by atoms with Crippen LogP contribution >= 0.6 is 0 Å². The van der Waals surface area contributed by atoms with Crippen molar-refractivity contribution in [3.8, 4) is 67.8 Å². The second kappa shape index (κ2) is 14.7. The lowest BCUT2D eigenvalue weighted by Gasteiger charge is -2.17. The smallest absolute Gasteiger partial charge is 0.238 e. The lowest BCUT2D eigenvalue weighted by Crippen LogP contribution is -2.06. The summed E-state index contributed by atoms with van der Waals surface area (Å²) in [6, 6.07) is 79.4. The molecule has 0 radical (unpaired) electrons. The monoisotopic (exact) mass is 791 g/mol. The standard InChI is InChI=1S/C57H37N5/c1-5-17-38(18-6-1)40-29-31-41(32-30-40)45-34-33-44(39-19-7-2-8-20-39)37-52(45)61-49-27-15-13-25-46(49)47-35-36-51-53(54(47)61)48-26-14-16-28-50(48)62(51)57-59-55(42-21-9-3-10-22-42)58-56(60-57)43-23-11-4-12-24-43/h1-37H. The average molecular weight is 792 g/mol. The molecule has 0 unspecified atom stereocenters. The molecule has 0 amide bonds. The van der Waals surface area contributed by atoms with Gasteiger partial charge in [0.15, 0.2) is 11.6 Å². The molecule has 62 heavy (non-hydrogen) atoms. The fourth-order valence-corrected chi connectivity index (χ4v) is 9.12. The van der Waals surface area contributed by atoms with Gasteiger partial charge in [0.25, 0.3) is 0 Å². The van der Waals surface area contributed by atoms with Crippen LogP contribution in [0.25, 0.3) is 111 Å². The summed E-state index contributed by atoms with van der Waals surface area (Å²) < 4.78 is 4.71.